The summed E-state index contributed by atoms with van der Waals surface area (Å²) in [6.07, 6.45) is 0.649. The van der Waals surface area contributed by atoms with Gasteiger partial charge in [-0.1, -0.05) is 23.4 Å². The molecule has 24 heavy (non-hydrogen) atoms. The third-order valence-electron chi connectivity index (χ3n) is 2.92. The van der Waals surface area contributed by atoms with Gasteiger partial charge in [0.05, 0.1) is 6.54 Å². The molecule has 0 aliphatic heterocycles. The second-order valence-electron chi connectivity index (χ2n) is 4.83. The first-order valence-electron chi connectivity index (χ1n) is 7.77. The van der Waals surface area contributed by atoms with Crippen LogP contribution in [0.5, 0.6) is 0 Å². The van der Waals surface area contributed by atoms with Crippen molar-refractivity contribution in [1.82, 2.24) is 20.8 Å². The lowest BCUT2D eigenvalue weighted by atomic mass is 10.4. The smallest absolute Gasteiger partial charge is 0.228 e. The van der Waals surface area contributed by atoms with E-state index >= 15 is 0 Å². The molecule has 0 saturated carbocycles. The van der Waals surface area contributed by atoms with Crippen LogP contribution in [0.2, 0.25) is 0 Å². The molecule has 0 unspecified atom stereocenters. The fraction of sp³-hybridized carbons (Fsp3) is 0.438. The molecule has 1 aromatic carbocycles. The monoisotopic (exact) mass is 461 g/mol. The van der Waals surface area contributed by atoms with E-state index in [1.807, 2.05) is 24.8 Å². The van der Waals surface area contributed by atoms with Gasteiger partial charge in [-0.05, 0) is 26.0 Å². The number of guanidine groups is 1. The fourth-order valence-corrected chi connectivity index (χ4v) is 2.69. The summed E-state index contributed by atoms with van der Waals surface area (Å²) in [4.78, 5) is 9.97. The van der Waals surface area contributed by atoms with Crippen LogP contribution in [0.3, 0.4) is 0 Å². The van der Waals surface area contributed by atoms with Crippen molar-refractivity contribution in [2.75, 3.05) is 25.4 Å². The van der Waals surface area contributed by atoms with Gasteiger partial charge >= 0.3 is 0 Å². The summed E-state index contributed by atoms with van der Waals surface area (Å²) in [5.74, 6) is 3.09. The van der Waals surface area contributed by atoms with Gasteiger partial charge in [-0.3, -0.25) is 4.99 Å². The molecule has 8 heteroatoms. The molecule has 0 atom stereocenters. The maximum absolute atomic E-state index is 5.08. The zero-order valence-electron chi connectivity index (χ0n) is 14.0. The highest BCUT2D eigenvalue weighted by Crippen LogP contribution is 2.15. The third kappa shape index (κ3) is 8.00. The standard InChI is InChI=1S/C16H23N5OS.HI/c1-3-17-16(18-10-9-15-20-13(2)21-22-15)19-11-12-23-14-7-5-4-6-8-14;/h4-8H,3,9-12H2,1-2H3,(H2,17,18,19);1H. The quantitative estimate of drug-likeness (QED) is 0.207. The van der Waals surface area contributed by atoms with Crippen LogP contribution in [0.4, 0.5) is 0 Å². The Hall–Kier alpha value is -1.29. The lowest BCUT2D eigenvalue weighted by Crippen LogP contribution is -2.38. The minimum atomic E-state index is 0. The number of benzene rings is 1. The Balaban J connectivity index is 0.00000288. The first-order valence-corrected chi connectivity index (χ1v) is 8.75. The van der Waals surface area contributed by atoms with Gasteiger partial charge in [0.15, 0.2) is 11.8 Å². The average molecular weight is 461 g/mol. The molecule has 1 heterocycles. The van der Waals surface area contributed by atoms with Crippen molar-refractivity contribution in [1.29, 1.82) is 0 Å². The number of hydrogen-bond donors (Lipinski definition) is 2. The average Bonchev–Trinajstić information content (AvgIpc) is 2.98. The number of halogens is 1. The van der Waals surface area contributed by atoms with Crippen molar-refractivity contribution in [2.24, 2.45) is 4.99 Å². The van der Waals surface area contributed by atoms with Crippen molar-refractivity contribution in [3.8, 4) is 0 Å². The normalized spacial score (nSPS) is 11.0. The van der Waals surface area contributed by atoms with Crippen LogP contribution >= 0.6 is 35.7 Å². The Morgan fingerprint density at radius 2 is 2.04 bits per heavy atom. The van der Waals surface area contributed by atoms with Crippen LogP contribution in [0.15, 0.2) is 44.7 Å². The molecule has 6 nitrogen and oxygen atoms in total. The van der Waals surface area contributed by atoms with Gasteiger partial charge in [0.25, 0.3) is 0 Å². The molecule has 2 rings (SSSR count). The highest BCUT2D eigenvalue weighted by atomic mass is 127. The van der Waals surface area contributed by atoms with Gasteiger partial charge in [-0.15, -0.1) is 35.7 Å². The molecule has 0 saturated heterocycles. The van der Waals surface area contributed by atoms with Gasteiger partial charge in [0.2, 0.25) is 5.89 Å². The van der Waals surface area contributed by atoms with Crippen molar-refractivity contribution in [2.45, 2.75) is 25.2 Å². The second kappa shape index (κ2) is 12.1. The molecule has 0 aliphatic rings. The molecule has 2 aromatic rings. The van der Waals surface area contributed by atoms with Crippen LogP contribution in [0.1, 0.15) is 18.6 Å². The maximum Gasteiger partial charge on any atom is 0.228 e. The fourth-order valence-electron chi connectivity index (χ4n) is 1.90. The van der Waals surface area contributed by atoms with Gasteiger partial charge in [0, 0.05) is 30.2 Å². The molecule has 0 fully saturated rings. The van der Waals surface area contributed by atoms with Crippen LogP contribution in [-0.4, -0.2) is 41.5 Å². The first kappa shape index (κ1) is 20.8. The molecule has 0 bridgehead atoms. The Labute approximate surface area is 164 Å². The lowest BCUT2D eigenvalue weighted by Gasteiger charge is -2.10. The van der Waals surface area contributed by atoms with Crippen LogP contribution in [0, 0.1) is 6.92 Å². The molecule has 2 N–H and O–H groups in total. The zero-order chi connectivity index (χ0) is 16.3. The van der Waals surface area contributed by atoms with Crippen LogP contribution in [-0.2, 0) is 6.42 Å². The van der Waals surface area contributed by atoms with Crippen LogP contribution < -0.4 is 10.6 Å². The van der Waals surface area contributed by atoms with Crippen molar-refractivity contribution in [3.05, 3.63) is 42.0 Å². The summed E-state index contributed by atoms with van der Waals surface area (Å²) in [5.41, 5.74) is 0. The van der Waals surface area contributed by atoms with E-state index in [2.05, 4.69) is 57.0 Å². The van der Waals surface area contributed by atoms with E-state index in [-0.39, 0.29) is 24.0 Å². The van der Waals surface area contributed by atoms with Crippen molar-refractivity contribution < 1.29 is 4.52 Å². The Morgan fingerprint density at radius 1 is 1.25 bits per heavy atom. The number of aliphatic imine (C=N–C) groups is 1. The minimum absolute atomic E-state index is 0. The van der Waals surface area contributed by atoms with Crippen LogP contribution in [0.25, 0.3) is 0 Å². The Bertz CT molecular complexity index is 606. The zero-order valence-corrected chi connectivity index (χ0v) is 17.1. The number of hydrogen-bond acceptors (Lipinski definition) is 5. The summed E-state index contributed by atoms with van der Waals surface area (Å²) < 4.78 is 5.08. The number of rotatable bonds is 8. The van der Waals surface area contributed by atoms with E-state index in [9.17, 15) is 0 Å². The van der Waals surface area contributed by atoms with E-state index in [0.717, 1.165) is 24.8 Å². The van der Waals surface area contributed by atoms with E-state index in [1.165, 1.54) is 4.90 Å². The van der Waals surface area contributed by atoms with E-state index in [1.54, 1.807) is 0 Å². The highest BCUT2D eigenvalue weighted by Gasteiger charge is 2.02. The summed E-state index contributed by atoms with van der Waals surface area (Å²) in [5, 5.41) is 10.3. The van der Waals surface area contributed by atoms with Gasteiger partial charge in [-0.25, -0.2) is 0 Å². The van der Waals surface area contributed by atoms with Gasteiger partial charge < -0.3 is 15.2 Å². The van der Waals surface area contributed by atoms with E-state index in [0.29, 0.717) is 24.7 Å². The Kier molecular flexibility index (Phi) is 10.5. The SMILES string of the molecule is CCNC(=NCCc1nc(C)no1)NCCSc1ccccc1.I. The molecular weight excluding hydrogens is 437 g/mol. The molecule has 1 aromatic heterocycles. The maximum atomic E-state index is 5.08. The van der Waals surface area contributed by atoms with Crippen molar-refractivity contribution >= 4 is 41.7 Å². The number of aromatic nitrogens is 2. The van der Waals surface area contributed by atoms with Gasteiger partial charge in [0.1, 0.15) is 0 Å². The second-order valence-corrected chi connectivity index (χ2v) is 6.00. The Morgan fingerprint density at radius 3 is 2.71 bits per heavy atom. The largest absolute Gasteiger partial charge is 0.357 e. The summed E-state index contributed by atoms with van der Waals surface area (Å²) >= 11 is 1.83. The number of aryl methyl sites for hydroxylation is 1. The van der Waals surface area contributed by atoms with E-state index in [4.69, 9.17) is 4.52 Å². The van der Waals surface area contributed by atoms with Gasteiger partial charge in [-0.2, -0.15) is 4.98 Å². The predicted molar refractivity (Wildman–Crippen MR) is 109 cm³/mol. The molecule has 0 aliphatic carbocycles. The highest BCUT2D eigenvalue weighted by molar-refractivity contribution is 14.0. The molecule has 0 radical (unpaired) electrons. The number of nitrogens with one attached hydrogen (secondary N) is 2. The van der Waals surface area contributed by atoms with Crippen molar-refractivity contribution in [3.63, 3.8) is 0 Å². The predicted octanol–water partition coefficient (Wildman–Crippen LogP) is 2.89. The number of nitrogens with zero attached hydrogens (tertiary/aromatic N) is 3. The first-order chi connectivity index (χ1) is 11.3. The molecular formula is C16H24IN5OS. The molecule has 132 valence electrons. The minimum Gasteiger partial charge on any atom is -0.357 e. The number of thioether (sulfide) groups is 1. The third-order valence-corrected chi connectivity index (χ3v) is 3.93. The summed E-state index contributed by atoms with van der Waals surface area (Å²) in [6, 6.07) is 10.4. The molecule has 0 spiro atoms. The molecule has 0 amide bonds. The van der Waals surface area contributed by atoms with E-state index < -0.39 is 0 Å². The lowest BCUT2D eigenvalue weighted by molar-refractivity contribution is 0.376. The topological polar surface area (TPSA) is 75.3 Å². The summed E-state index contributed by atoms with van der Waals surface area (Å²) in [6.45, 7) is 6.16. The summed E-state index contributed by atoms with van der Waals surface area (Å²) in [7, 11) is 0.